The number of rotatable bonds is 5. The van der Waals surface area contributed by atoms with E-state index in [0.29, 0.717) is 4.47 Å². The van der Waals surface area contributed by atoms with Crippen LogP contribution in [0.4, 0.5) is 5.69 Å². The van der Waals surface area contributed by atoms with Gasteiger partial charge in [-0.25, -0.2) is 0 Å². The third kappa shape index (κ3) is 3.35. The molecular formula is C14H15BrN2O6. The van der Waals surface area contributed by atoms with Gasteiger partial charge in [0.05, 0.1) is 11.5 Å². The van der Waals surface area contributed by atoms with Crippen LogP contribution < -0.4 is 0 Å². The van der Waals surface area contributed by atoms with E-state index in [1.165, 1.54) is 30.2 Å². The topological polar surface area (TPSA) is 110 Å². The maximum Gasteiger partial charge on any atom is 0.313 e. The molecule has 1 heterocycles. The molecule has 0 radical (unpaired) electrons. The van der Waals surface area contributed by atoms with Gasteiger partial charge < -0.3 is 14.7 Å². The first-order valence-corrected chi connectivity index (χ1v) is 7.55. The fourth-order valence-corrected chi connectivity index (χ4v) is 3.03. The normalized spacial score (nSPS) is 20.5. The number of nitro groups is 1. The molecule has 124 valence electrons. The van der Waals surface area contributed by atoms with Crippen molar-refractivity contribution in [2.45, 2.75) is 6.42 Å². The molecule has 1 aromatic carbocycles. The smallest absolute Gasteiger partial charge is 0.313 e. The van der Waals surface area contributed by atoms with Crippen LogP contribution in [0, 0.1) is 15.5 Å². The van der Waals surface area contributed by atoms with E-state index in [-0.39, 0.29) is 37.4 Å². The SMILES string of the molecule is COCC1(C(=O)O)CCN(C(=O)c2ccc(Br)cc2[N+](=O)[O-])C1. The van der Waals surface area contributed by atoms with E-state index in [0.717, 1.165) is 0 Å². The fraction of sp³-hybridized carbons (Fsp3) is 0.429. The Balaban J connectivity index is 2.29. The first kappa shape index (κ1) is 17.4. The number of benzene rings is 1. The van der Waals surface area contributed by atoms with E-state index in [1.807, 2.05) is 0 Å². The van der Waals surface area contributed by atoms with Gasteiger partial charge in [0.1, 0.15) is 11.0 Å². The Kier molecular flexibility index (Phi) is 5.00. The molecule has 0 spiro atoms. The number of halogens is 1. The van der Waals surface area contributed by atoms with E-state index in [1.54, 1.807) is 0 Å². The predicted octanol–water partition coefficient (Wildman–Crippen LogP) is 1.92. The van der Waals surface area contributed by atoms with Crippen molar-refractivity contribution in [3.63, 3.8) is 0 Å². The molecule has 1 amide bonds. The van der Waals surface area contributed by atoms with Crippen LogP contribution in [0.3, 0.4) is 0 Å². The van der Waals surface area contributed by atoms with Crippen LogP contribution in [-0.4, -0.2) is 53.6 Å². The minimum atomic E-state index is -1.17. The first-order chi connectivity index (χ1) is 10.8. The number of ether oxygens (including phenoxy) is 1. The number of carboxylic acids is 1. The molecule has 1 saturated heterocycles. The quantitative estimate of drug-likeness (QED) is 0.611. The molecule has 1 N–H and O–H groups in total. The van der Waals surface area contributed by atoms with Crippen LogP contribution in [0.1, 0.15) is 16.8 Å². The number of likely N-dealkylation sites (tertiary alicyclic amines) is 1. The highest BCUT2D eigenvalue weighted by Crippen LogP contribution is 2.33. The Morgan fingerprint density at radius 1 is 1.52 bits per heavy atom. The van der Waals surface area contributed by atoms with Crippen molar-refractivity contribution < 1.29 is 24.4 Å². The van der Waals surface area contributed by atoms with Crippen molar-refractivity contribution in [3.8, 4) is 0 Å². The van der Waals surface area contributed by atoms with Gasteiger partial charge in [-0.3, -0.25) is 19.7 Å². The number of hydrogen-bond acceptors (Lipinski definition) is 5. The number of amides is 1. The molecule has 1 aliphatic rings. The second-order valence-electron chi connectivity index (χ2n) is 5.41. The Morgan fingerprint density at radius 3 is 2.78 bits per heavy atom. The van der Waals surface area contributed by atoms with Crippen molar-refractivity contribution in [1.82, 2.24) is 4.90 Å². The van der Waals surface area contributed by atoms with E-state index >= 15 is 0 Å². The molecule has 9 heteroatoms. The van der Waals surface area contributed by atoms with Crippen molar-refractivity contribution >= 4 is 33.5 Å². The molecule has 1 fully saturated rings. The van der Waals surface area contributed by atoms with E-state index in [4.69, 9.17) is 4.74 Å². The lowest BCUT2D eigenvalue weighted by atomic mass is 9.88. The zero-order valence-corrected chi connectivity index (χ0v) is 13.9. The number of aliphatic carboxylic acids is 1. The van der Waals surface area contributed by atoms with E-state index in [2.05, 4.69) is 15.9 Å². The highest BCUT2D eigenvalue weighted by atomic mass is 79.9. The van der Waals surface area contributed by atoms with Gasteiger partial charge >= 0.3 is 5.97 Å². The molecule has 8 nitrogen and oxygen atoms in total. The Morgan fingerprint density at radius 2 is 2.22 bits per heavy atom. The summed E-state index contributed by atoms with van der Waals surface area (Å²) in [6, 6.07) is 4.15. The molecule has 1 aromatic rings. The standard InChI is InChI=1S/C14H15BrN2O6/c1-23-8-14(13(19)20)4-5-16(7-14)12(18)10-3-2-9(15)6-11(10)17(21)22/h2-3,6H,4-5,7-8H2,1H3,(H,19,20). The van der Waals surface area contributed by atoms with Gasteiger partial charge in [0, 0.05) is 30.7 Å². The molecule has 2 rings (SSSR count). The Labute approximate surface area is 140 Å². The first-order valence-electron chi connectivity index (χ1n) is 6.76. The highest BCUT2D eigenvalue weighted by molar-refractivity contribution is 9.10. The Bertz CT molecular complexity index is 665. The summed E-state index contributed by atoms with van der Waals surface area (Å²) < 4.78 is 5.46. The maximum atomic E-state index is 12.6. The summed E-state index contributed by atoms with van der Waals surface area (Å²) in [7, 11) is 1.40. The third-order valence-electron chi connectivity index (χ3n) is 3.90. The van der Waals surface area contributed by atoms with Gasteiger partial charge in [-0.2, -0.15) is 0 Å². The predicted molar refractivity (Wildman–Crippen MR) is 83.3 cm³/mol. The fourth-order valence-electron chi connectivity index (χ4n) is 2.68. The number of hydrogen-bond donors (Lipinski definition) is 1. The number of carbonyl (C=O) groups excluding carboxylic acids is 1. The van der Waals surface area contributed by atoms with Gasteiger partial charge in [-0.15, -0.1) is 0 Å². The van der Waals surface area contributed by atoms with Crippen LogP contribution in [0.5, 0.6) is 0 Å². The second kappa shape index (κ2) is 6.63. The summed E-state index contributed by atoms with van der Waals surface area (Å²) in [6.07, 6.45) is 0.242. The highest BCUT2D eigenvalue weighted by Gasteiger charge is 2.47. The third-order valence-corrected chi connectivity index (χ3v) is 4.40. The average Bonchev–Trinajstić information content (AvgIpc) is 2.92. The lowest BCUT2D eigenvalue weighted by Gasteiger charge is -2.23. The lowest BCUT2D eigenvalue weighted by molar-refractivity contribution is -0.385. The van der Waals surface area contributed by atoms with Crippen LogP contribution in [0.25, 0.3) is 0 Å². The monoisotopic (exact) mass is 386 g/mol. The molecule has 0 aliphatic carbocycles. The van der Waals surface area contributed by atoms with E-state index < -0.39 is 22.2 Å². The minimum Gasteiger partial charge on any atom is -0.481 e. The summed E-state index contributed by atoms with van der Waals surface area (Å²) in [6.45, 7) is 0.151. The molecule has 0 aromatic heterocycles. The summed E-state index contributed by atoms with van der Waals surface area (Å²) >= 11 is 3.13. The average molecular weight is 387 g/mol. The van der Waals surface area contributed by atoms with Crippen molar-refractivity contribution in [3.05, 3.63) is 38.3 Å². The Hall–Kier alpha value is -2.00. The number of nitro benzene ring substituents is 1. The second-order valence-corrected chi connectivity index (χ2v) is 6.33. The van der Waals surface area contributed by atoms with Crippen LogP contribution in [0.2, 0.25) is 0 Å². The summed E-state index contributed by atoms with van der Waals surface area (Å²) in [5, 5.41) is 20.5. The van der Waals surface area contributed by atoms with Gasteiger partial charge in [0.25, 0.3) is 11.6 Å². The largest absolute Gasteiger partial charge is 0.481 e. The lowest BCUT2D eigenvalue weighted by Crippen LogP contribution is -2.40. The number of carbonyl (C=O) groups is 2. The molecule has 0 saturated carbocycles. The number of methoxy groups -OCH3 is 1. The zero-order chi connectivity index (χ0) is 17.2. The number of nitrogens with zero attached hydrogens (tertiary/aromatic N) is 2. The van der Waals surface area contributed by atoms with E-state index in [9.17, 15) is 24.8 Å². The maximum absolute atomic E-state index is 12.6. The molecule has 23 heavy (non-hydrogen) atoms. The minimum absolute atomic E-state index is 0.0193. The summed E-state index contributed by atoms with van der Waals surface area (Å²) in [5.41, 5.74) is -1.55. The van der Waals surface area contributed by atoms with Gasteiger partial charge in [0.15, 0.2) is 0 Å². The van der Waals surface area contributed by atoms with Gasteiger partial charge in [-0.1, -0.05) is 15.9 Å². The molecular weight excluding hydrogens is 372 g/mol. The molecule has 1 unspecified atom stereocenters. The number of carboxylic acid groups (broad SMARTS) is 1. The zero-order valence-electron chi connectivity index (χ0n) is 12.3. The molecule has 0 bridgehead atoms. The molecule has 1 atom stereocenters. The van der Waals surface area contributed by atoms with Crippen LogP contribution >= 0.6 is 15.9 Å². The van der Waals surface area contributed by atoms with Gasteiger partial charge in [0.2, 0.25) is 0 Å². The summed E-state index contributed by atoms with van der Waals surface area (Å²) in [5.74, 6) is -1.59. The van der Waals surface area contributed by atoms with Gasteiger partial charge in [-0.05, 0) is 18.6 Å². The summed E-state index contributed by atoms with van der Waals surface area (Å²) in [4.78, 5) is 35.9. The van der Waals surface area contributed by atoms with Crippen LogP contribution in [-0.2, 0) is 9.53 Å². The van der Waals surface area contributed by atoms with Crippen molar-refractivity contribution in [1.29, 1.82) is 0 Å². The van der Waals surface area contributed by atoms with Crippen LogP contribution in [0.15, 0.2) is 22.7 Å². The van der Waals surface area contributed by atoms with Crippen molar-refractivity contribution in [2.75, 3.05) is 26.8 Å². The molecule has 1 aliphatic heterocycles. The van der Waals surface area contributed by atoms with Crippen molar-refractivity contribution in [2.24, 2.45) is 5.41 Å².